The average molecular weight is 237 g/mol. The zero-order valence-corrected chi connectivity index (χ0v) is 10.7. The van der Waals surface area contributed by atoms with Gasteiger partial charge in [-0.3, -0.25) is 9.69 Å². The fourth-order valence-electron chi connectivity index (χ4n) is 2.70. The molecule has 1 atom stereocenters. The number of likely N-dealkylation sites (tertiary alicyclic amines) is 1. The van der Waals surface area contributed by atoms with E-state index < -0.39 is 0 Å². The van der Waals surface area contributed by atoms with Gasteiger partial charge in [0, 0.05) is 39.3 Å². The maximum absolute atomic E-state index is 12.3. The standard InChI is InChI=1S/C13H23N3O/c1-11(2)9-15-6-3-12(10-15)13(17)16-7-4-14-5-8-16/h12,14H,1,3-10H2,2H3. The van der Waals surface area contributed by atoms with Crippen LogP contribution in [0.3, 0.4) is 0 Å². The van der Waals surface area contributed by atoms with E-state index in [9.17, 15) is 4.79 Å². The van der Waals surface area contributed by atoms with Crippen LogP contribution in [0.2, 0.25) is 0 Å². The Morgan fingerprint density at radius 2 is 2.06 bits per heavy atom. The Bertz CT molecular complexity index is 297. The molecule has 4 heteroatoms. The first-order valence-corrected chi connectivity index (χ1v) is 6.53. The Balaban J connectivity index is 1.82. The zero-order chi connectivity index (χ0) is 12.3. The van der Waals surface area contributed by atoms with E-state index in [2.05, 4.69) is 16.8 Å². The number of hydrogen-bond acceptors (Lipinski definition) is 3. The molecule has 17 heavy (non-hydrogen) atoms. The van der Waals surface area contributed by atoms with Gasteiger partial charge in [-0.1, -0.05) is 12.2 Å². The summed E-state index contributed by atoms with van der Waals surface area (Å²) in [5.74, 6) is 0.572. The molecule has 1 amide bonds. The molecular formula is C13H23N3O. The van der Waals surface area contributed by atoms with Crippen molar-refractivity contribution in [3.8, 4) is 0 Å². The molecule has 0 aromatic heterocycles. The molecule has 1 N–H and O–H groups in total. The third-order valence-corrected chi connectivity index (χ3v) is 3.54. The SMILES string of the molecule is C=C(C)CN1CCC(C(=O)N2CCNCC2)C1. The van der Waals surface area contributed by atoms with Gasteiger partial charge in [-0.2, -0.15) is 0 Å². The van der Waals surface area contributed by atoms with E-state index in [-0.39, 0.29) is 5.92 Å². The Hall–Kier alpha value is -0.870. The number of hydrogen-bond donors (Lipinski definition) is 1. The van der Waals surface area contributed by atoms with Crippen LogP contribution in [0.1, 0.15) is 13.3 Å². The lowest BCUT2D eigenvalue weighted by atomic mass is 10.1. The predicted octanol–water partition coefficient (Wildman–Crippen LogP) is 0.316. The predicted molar refractivity (Wildman–Crippen MR) is 68.8 cm³/mol. The highest BCUT2D eigenvalue weighted by Gasteiger charge is 2.31. The van der Waals surface area contributed by atoms with Crippen LogP contribution in [-0.2, 0) is 4.79 Å². The summed E-state index contributed by atoms with van der Waals surface area (Å²) in [4.78, 5) is 16.6. The highest BCUT2D eigenvalue weighted by Crippen LogP contribution is 2.19. The molecule has 2 saturated heterocycles. The summed E-state index contributed by atoms with van der Waals surface area (Å²) in [6.07, 6.45) is 1.01. The van der Waals surface area contributed by atoms with E-state index in [1.165, 1.54) is 5.57 Å². The van der Waals surface area contributed by atoms with Gasteiger partial charge in [-0.15, -0.1) is 0 Å². The van der Waals surface area contributed by atoms with Crippen LogP contribution < -0.4 is 5.32 Å². The van der Waals surface area contributed by atoms with Gasteiger partial charge in [0.25, 0.3) is 0 Å². The summed E-state index contributed by atoms with van der Waals surface area (Å²) < 4.78 is 0. The van der Waals surface area contributed by atoms with Crippen LogP contribution in [-0.4, -0.2) is 61.5 Å². The normalized spacial score (nSPS) is 26.2. The topological polar surface area (TPSA) is 35.6 Å². The van der Waals surface area contributed by atoms with E-state index in [1.807, 2.05) is 11.8 Å². The molecule has 0 aromatic rings. The van der Waals surface area contributed by atoms with Crippen molar-refractivity contribution >= 4 is 5.91 Å². The van der Waals surface area contributed by atoms with E-state index in [1.54, 1.807) is 0 Å². The van der Waals surface area contributed by atoms with Crippen LogP contribution in [0.5, 0.6) is 0 Å². The Morgan fingerprint density at radius 1 is 1.35 bits per heavy atom. The van der Waals surface area contributed by atoms with E-state index in [0.29, 0.717) is 5.91 Å². The summed E-state index contributed by atoms with van der Waals surface area (Å²) >= 11 is 0. The first-order valence-electron chi connectivity index (χ1n) is 6.53. The molecule has 2 aliphatic rings. The summed E-state index contributed by atoms with van der Waals surface area (Å²) in [6, 6.07) is 0. The van der Waals surface area contributed by atoms with Crippen LogP contribution in [0, 0.1) is 5.92 Å². The summed E-state index contributed by atoms with van der Waals surface area (Å²) in [6.45, 7) is 12.5. The number of carbonyl (C=O) groups is 1. The van der Waals surface area contributed by atoms with Crippen molar-refractivity contribution in [1.82, 2.24) is 15.1 Å². The molecule has 0 aliphatic carbocycles. The zero-order valence-electron chi connectivity index (χ0n) is 10.7. The molecule has 0 saturated carbocycles. The van der Waals surface area contributed by atoms with Crippen LogP contribution in [0.25, 0.3) is 0 Å². The molecule has 0 spiro atoms. The summed E-state index contributed by atoms with van der Waals surface area (Å²) in [5, 5.41) is 3.28. The molecule has 0 bridgehead atoms. The Morgan fingerprint density at radius 3 is 2.71 bits per heavy atom. The molecule has 4 nitrogen and oxygen atoms in total. The summed E-state index contributed by atoms with van der Waals surface area (Å²) in [7, 11) is 0. The first-order chi connectivity index (χ1) is 8.16. The average Bonchev–Trinajstić information content (AvgIpc) is 2.77. The van der Waals surface area contributed by atoms with Gasteiger partial charge in [0.1, 0.15) is 0 Å². The molecular weight excluding hydrogens is 214 g/mol. The van der Waals surface area contributed by atoms with Crippen molar-refractivity contribution in [2.45, 2.75) is 13.3 Å². The highest BCUT2D eigenvalue weighted by molar-refractivity contribution is 5.79. The Labute approximate surface area is 104 Å². The highest BCUT2D eigenvalue weighted by atomic mass is 16.2. The minimum atomic E-state index is 0.215. The fraction of sp³-hybridized carbons (Fsp3) is 0.769. The number of rotatable bonds is 3. The minimum Gasteiger partial charge on any atom is -0.340 e. The van der Waals surface area contributed by atoms with E-state index in [4.69, 9.17) is 0 Å². The minimum absolute atomic E-state index is 0.215. The van der Waals surface area contributed by atoms with Gasteiger partial charge in [0.2, 0.25) is 5.91 Å². The number of piperazine rings is 1. The third kappa shape index (κ3) is 3.30. The molecule has 1 unspecified atom stereocenters. The van der Waals surface area contributed by atoms with Crippen LogP contribution in [0.4, 0.5) is 0 Å². The third-order valence-electron chi connectivity index (χ3n) is 3.54. The molecule has 2 heterocycles. The maximum atomic E-state index is 12.3. The number of nitrogens with one attached hydrogen (secondary N) is 1. The van der Waals surface area contributed by atoms with Gasteiger partial charge < -0.3 is 10.2 Å². The second-order valence-electron chi connectivity index (χ2n) is 5.25. The van der Waals surface area contributed by atoms with Crippen molar-refractivity contribution in [1.29, 1.82) is 0 Å². The number of carbonyl (C=O) groups excluding carboxylic acids is 1. The molecule has 0 radical (unpaired) electrons. The Kier molecular flexibility index (Phi) is 4.18. The van der Waals surface area contributed by atoms with Gasteiger partial charge in [-0.05, 0) is 19.9 Å². The van der Waals surface area contributed by atoms with Gasteiger partial charge in [0.15, 0.2) is 0 Å². The van der Waals surface area contributed by atoms with Gasteiger partial charge >= 0.3 is 0 Å². The smallest absolute Gasteiger partial charge is 0.227 e. The largest absolute Gasteiger partial charge is 0.340 e. The lowest BCUT2D eigenvalue weighted by Crippen LogP contribution is -2.48. The molecule has 2 fully saturated rings. The van der Waals surface area contributed by atoms with Gasteiger partial charge in [-0.25, -0.2) is 0 Å². The quantitative estimate of drug-likeness (QED) is 0.718. The van der Waals surface area contributed by atoms with Crippen molar-refractivity contribution in [3.63, 3.8) is 0 Å². The molecule has 96 valence electrons. The van der Waals surface area contributed by atoms with Crippen molar-refractivity contribution in [2.24, 2.45) is 5.92 Å². The van der Waals surface area contributed by atoms with Crippen molar-refractivity contribution in [2.75, 3.05) is 45.8 Å². The van der Waals surface area contributed by atoms with Crippen LogP contribution >= 0.6 is 0 Å². The van der Waals surface area contributed by atoms with Crippen molar-refractivity contribution in [3.05, 3.63) is 12.2 Å². The molecule has 0 aromatic carbocycles. The van der Waals surface area contributed by atoms with Crippen molar-refractivity contribution < 1.29 is 4.79 Å². The number of nitrogens with zero attached hydrogens (tertiary/aromatic N) is 2. The van der Waals surface area contributed by atoms with Crippen LogP contribution in [0.15, 0.2) is 12.2 Å². The second kappa shape index (κ2) is 5.65. The lowest BCUT2D eigenvalue weighted by Gasteiger charge is -2.29. The summed E-state index contributed by atoms with van der Waals surface area (Å²) in [5.41, 5.74) is 1.18. The van der Waals surface area contributed by atoms with E-state index >= 15 is 0 Å². The molecule has 2 aliphatic heterocycles. The first kappa shape index (κ1) is 12.6. The lowest BCUT2D eigenvalue weighted by molar-refractivity contribution is -0.135. The molecule has 2 rings (SSSR count). The second-order valence-corrected chi connectivity index (χ2v) is 5.25. The maximum Gasteiger partial charge on any atom is 0.227 e. The monoisotopic (exact) mass is 237 g/mol. The van der Waals surface area contributed by atoms with Gasteiger partial charge in [0.05, 0.1) is 5.92 Å². The number of amides is 1. The fourth-order valence-corrected chi connectivity index (χ4v) is 2.70. The van der Waals surface area contributed by atoms with E-state index in [0.717, 1.165) is 52.2 Å².